The van der Waals surface area contributed by atoms with Crippen molar-refractivity contribution in [3.63, 3.8) is 0 Å². The summed E-state index contributed by atoms with van der Waals surface area (Å²) in [5.41, 5.74) is 1.31. The van der Waals surface area contributed by atoms with Gasteiger partial charge in [-0.25, -0.2) is 4.39 Å². The molecule has 0 aliphatic heterocycles. The highest BCUT2D eigenvalue weighted by Crippen LogP contribution is 2.19. The van der Waals surface area contributed by atoms with Gasteiger partial charge in [-0.1, -0.05) is 36.4 Å². The first-order valence-corrected chi connectivity index (χ1v) is 7.43. The van der Waals surface area contributed by atoms with Gasteiger partial charge in [0, 0.05) is 11.4 Å². The molecule has 0 aromatic heterocycles. The molecule has 0 heterocycles. The van der Waals surface area contributed by atoms with Gasteiger partial charge < -0.3 is 10.6 Å². The molecule has 23 heavy (non-hydrogen) atoms. The number of fused-ring (bicyclic) bond motifs is 1. The molecule has 4 heteroatoms. The zero-order valence-corrected chi connectivity index (χ0v) is 12.7. The lowest BCUT2D eigenvalue weighted by molar-refractivity contribution is -0.116. The molecule has 0 fully saturated rings. The largest absolute Gasteiger partial charge is 0.374 e. The first-order valence-electron chi connectivity index (χ1n) is 7.43. The molecule has 0 saturated heterocycles. The number of carbonyl (C=O) groups excluding carboxylic acids is 1. The molecule has 2 N–H and O–H groups in total. The van der Waals surface area contributed by atoms with Gasteiger partial charge in [-0.3, -0.25) is 4.79 Å². The van der Waals surface area contributed by atoms with Crippen molar-refractivity contribution in [1.29, 1.82) is 0 Å². The van der Waals surface area contributed by atoms with E-state index in [1.54, 1.807) is 19.1 Å². The summed E-state index contributed by atoms with van der Waals surface area (Å²) in [6, 6.07) is 19.4. The van der Waals surface area contributed by atoms with E-state index in [9.17, 15) is 9.18 Å². The van der Waals surface area contributed by atoms with Crippen LogP contribution in [0.5, 0.6) is 0 Å². The summed E-state index contributed by atoms with van der Waals surface area (Å²) in [5, 5.41) is 8.12. The van der Waals surface area contributed by atoms with Crippen LogP contribution in [0, 0.1) is 5.82 Å². The van der Waals surface area contributed by atoms with Gasteiger partial charge in [0.05, 0.1) is 0 Å². The maximum absolute atomic E-state index is 13.1. The highest BCUT2D eigenvalue weighted by molar-refractivity contribution is 5.96. The van der Waals surface area contributed by atoms with Crippen molar-refractivity contribution in [2.24, 2.45) is 0 Å². The lowest BCUT2D eigenvalue weighted by atomic mass is 10.1. The Morgan fingerprint density at radius 1 is 0.913 bits per heavy atom. The summed E-state index contributed by atoms with van der Waals surface area (Å²) >= 11 is 0. The Balaban J connectivity index is 1.69. The average molecular weight is 308 g/mol. The van der Waals surface area contributed by atoms with Gasteiger partial charge in [0.1, 0.15) is 11.9 Å². The lowest BCUT2D eigenvalue weighted by Gasteiger charge is -2.16. The van der Waals surface area contributed by atoms with E-state index in [0.29, 0.717) is 5.69 Å². The van der Waals surface area contributed by atoms with Crippen LogP contribution in [0.3, 0.4) is 0 Å². The SMILES string of the molecule is CC(Nc1ccc2ccccc2c1)C(=O)Nc1cccc(F)c1. The van der Waals surface area contributed by atoms with Crippen LogP contribution in [0.2, 0.25) is 0 Å². The summed E-state index contributed by atoms with van der Waals surface area (Å²) in [6.45, 7) is 1.77. The Labute approximate surface area is 134 Å². The van der Waals surface area contributed by atoms with E-state index >= 15 is 0 Å². The zero-order valence-electron chi connectivity index (χ0n) is 12.7. The van der Waals surface area contributed by atoms with Crippen molar-refractivity contribution < 1.29 is 9.18 Å². The molecule has 0 bridgehead atoms. The molecule has 0 spiro atoms. The third-order valence-corrected chi connectivity index (χ3v) is 3.62. The number of hydrogen-bond acceptors (Lipinski definition) is 2. The Morgan fingerprint density at radius 2 is 1.70 bits per heavy atom. The predicted octanol–water partition coefficient (Wildman–Crippen LogP) is 4.42. The van der Waals surface area contributed by atoms with Gasteiger partial charge in [0.25, 0.3) is 0 Å². The zero-order chi connectivity index (χ0) is 16.2. The molecule has 3 rings (SSSR count). The monoisotopic (exact) mass is 308 g/mol. The summed E-state index contributed by atoms with van der Waals surface area (Å²) in [6.07, 6.45) is 0. The summed E-state index contributed by atoms with van der Waals surface area (Å²) in [7, 11) is 0. The molecule has 1 unspecified atom stereocenters. The minimum Gasteiger partial charge on any atom is -0.374 e. The van der Waals surface area contributed by atoms with Crippen molar-refractivity contribution in [3.8, 4) is 0 Å². The normalized spacial score (nSPS) is 11.9. The van der Waals surface area contributed by atoms with Crippen LogP contribution in [0.1, 0.15) is 6.92 Å². The Morgan fingerprint density at radius 3 is 2.48 bits per heavy atom. The topological polar surface area (TPSA) is 41.1 Å². The molecular weight excluding hydrogens is 291 g/mol. The second-order valence-corrected chi connectivity index (χ2v) is 5.43. The van der Waals surface area contributed by atoms with Crippen LogP contribution in [0.15, 0.2) is 66.7 Å². The van der Waals surface area contributed by atoms with Crippen molar-refractivity contribution in [1.82, 2.24) is 0 Å². The maximum atomic E-state index is 13.1. The Bertz CT molecular complexity index is 847. The van der Waals surface area contributed by atoms with E-state index < -0.39 is 6.04 Å². The van der Waals surface area contributed by atoms with E-state index in [-0.39, 0.29) is 11.7 Å². The highest BCUT2D eigenvalue weighted by Gasteiger charge is 2.13. The van der Waals surface area contributed by atoms with Crippen LogP contribution in [-0.2, 0) is 4.79 Å². The molecule has 3 nitrogen and oxygen atoms in total. The number of halogens is 1. The van der Waals surface area contributed by atoms with E-state index in [0.717, 1.165) is 16.5 Å². The smallest absolute Gasteiger partial charge is 0.246 e. The Hall–Kier alpha value is -2.88. The lowest BCUT2D eigenvalue weighted by Crippen LogP contribution is -2.31. The summed E-state index contributed by atoms with van der Waals surface area (Å²) < 4.78 is 13.1. The van der Waals surface area contributed by atoms with E-state index in [4.69, 9.17) is 0 Å². The van der Waals surface area contributed by atoms with Crippen molar-refractivity contribution in [3.05, 3.63) is 72.5 Å². The number of hydrogen-bond donors (Lipinski definition) is 2. The third-order valence-electron chi connectivity index (χ3n) is 3.62. The van der Waals surface area contributed by atoms with Gasteiger partial charge in [-0.2, -0.15) is 0 Å². The van der Waals surface area contributed by atoms with Gasteiger partial charge in [-0.15, -0.1) is 0 Å². The fourth-order valence-electron chi connectivity index (χ4n) is 2.41. The molecule has 1 atom stereocenters. The van der Waals surface area contributed by atoms with Crippen LogP contribution < -0.4 is 10.6 Å². The summed E-state index contributed by atoms with van der Waals surface area (Å²) in [5.74, 6) is -0.596. The molecule has 0 saturated carbocycles. The average Bonchev–Trinajstić information content (AvgIpc) is 2.54. The minimum atomic E-state index is -0.445. The molecule has 0 aliphatic carbocycles. The third kappa shape index (κ3) is 3.66. The van der Waals surface area contributed by atoms with Crippen molar-refractivity contribution in [2.45, 2.75) is 13.0 Å². The maximum Gasteiger partial charge on any atom is 0.246 e. The first kappa shape index (κ1) is 15.0. The standard InChI is InChI=1S/C19H17FN2O/c1-13(19(23)22-17-8-4-7-16(20)12-17)21-18-10-9-14-5-2-3-6-15(14)11-18/h2-13,21H,1H3,(H,22,23). The highest BCUT2D eigenvalue weighted by atomic mass is 19.1. The van der Waals surface area contributed by atoms with Crippen molar-refractivity contribution >= 4 is 28.1 Å². The summed E-state index contributed by atoms with van der Waals surface area (Å²) in [4.78, 5) is 12.2. The molecule has 0 radical (unpaired) electrons. The van der Waals surface area contributed by atoms with Crippen molar-refractivity contribution in [2.75, 3.05) is 10.6 Å². The molecule has 116 valence electrons. The van der Waals surface area contributed by atoms with E-state index in [1.165, 1.54) is 12.1 Å². The number of rotatable bonds is 4. The first-order chi connectivity index (χ1) is 11.1. The van der Waals surface area contributed by atoms with Gasteiger partial charge >= 0.3 is 0 Å². The second-order valence-electron chi connectivity index (χ2n) is 5.43. The minimum absolute atomic E-state index is 0.219. The number of anilines is 2. The quantitative estimate of drug-likeness (QED) is 0.749. The number of benzene rings is 3. The van der Waals surface area contributed by atoms with Crippen LogP contribution in [0.4, 0.5) is 15.8 Å². The fourth-order valence-corrected chi connectivity index (χ4v) is 2.41. The molecule has 3 aromatic carbocycles. The van der Waals surface area contributed by atoms with Gasteiger partial charge in [-0.05, 0) is 48.0 Å². The molecule has 3 aromatic rings. The fraction of sp³-hybridized carbons (Fsp3) is 0.105. The molecule has 1 amide bonds. The van der Waals surface area contributed by atoms with E-state index in [1.807, 2.05) is 42.5 Å². The van der Waals surface area contributed by atoms with Crippen LogP contribution >= 0.6 is 0 Å². The number of carbonyl (C=O) groups is 1. The van der Waals surface area contributed by atoms with Gasteiger partial charge in [0.2, 0.25) is 5.91 Å². The number of amides is 1. The molecule has 0 aliphatic rings. The second kappa shape index (κ2) is 6.48. The van der Waals surface area contributed by atoms with E-state index in [2.05, 4.69) is 10.6 Å². The van der Waals surface area contributed by atoms with Gasteiger partial charge in [0.15, 0.2) is 0 Å². The molecular formula is C19H17FN2O. The number of nitrogens with one attached hydrogen (secondary N) is 2. The van der Waals surface area contributed by atoms with Crippen LogP contribution in [0.25, 0.3) is 10.8 Å². The predicted molar refractivity (Wildman–Crippen MR) is 92.1 cm³/mol. The Kier molecular flexibility index (Phi) is 4.24. The van der Waals surface area contributed by atoms with Crippen LogP contribution in [-0.4, -0.2) is 11.9 Å².